The van der Waals surface area contributed by atoms with E-state index in [-0.39, 0.29) is 24.3 Å². The van der Waals surface area contributed by atoms with Crippen LogP contribution in [-0.2, 0) is 20.5 Å². The summed E-state index contributed by atoms with van der Waals surface area (Å²) in [5.41, 5.74) is -0.328. The molecular weight excluding hydrogens is 447 g/mol. The van der Waals surface area contributed by atoms with Crippen molar-refractivity contribution in [2.24, 2.45) is 0 Å². The van der Waals surface area contributed by atoms with Crippen molar-refractivity contribution < 1.29 is 32.3 Å². The molecule has 1 heterocycles. The van der Waals surface area contributed by atoms with Gasteiger partial charge in [-0.25, -0.2) is 4.79 Å². The van der Waals surface area contributed by atoms with E-state index in [4.69, 9.17) is 4.74 Å². The zero-order valence-corrected chi connectivity index (χ0v) is 18.9. The maximum absolute atomic E-state index is 13.1. The Balaban J connectivity index is 2.04. The second-order valence-corrected chi connectivity index (χ2v) is 8.15. The van der Waals surface area contributed by atoms with E-state index in [1.165, 1.54) is 41.5 Å². The first-order valence-electron chi connectivity index (χ1n) is 9.64. The van der Waals surface area contributed by atoms with Gasteiger partial charge in [0.05, 0.1) is 37.0 Å². The third-order valence-corrected chi connectivity index (χ3v) is 5.84. The largest absolute Gasteiger partial charge is 0.465 e. The molecule has 0 bridgehead atoms. The number of halogens is 3. The Kier molecular flexibility index (Phi) is 8.39. The first-order chi connectivity index (χ1) is 15.0. The van der Waals surface area contributed by atoms with Gasteiger partial charge in [0.2, 0.25) is 11.8 Å². The number of likely N-dealkylation sites (N-methyl/N-ethyl adjacent to an activating group) is 1. The zero-order valence-electron chi connectivity index (χ0n) is 18.1. The summed E-state index contributed by atoms with van der Waals surface area (Å²) in [6, 6.07) is 4.67. The number of hydrogen-bond acceptors (Lipinski definition) is 6. The average molecular weight is 472 g/mol. The zero-order chi connectivity index (χ0) is 24.1. The second-order valence-electron chi connectivity index (χ2n) is 6.92. The number of methoxy groups -OCH3 is 1. The van der Waals surface area contributed by atoms with Crippen LogP contribution in [0.4, 0.5) is 23.9 Å². The number of rotatable bonds is 8. The van der Waals surface area contributed by atoms with Crippen molar-refractivity contribution in [2.45, 2.75) is 26.9 Å². The molecule has 7 nitrogen and oxygen atoms in total. The van der Waals surface area contributed by atoms with E-state index in [0.29, 0.717) is 17.1 Å². The predicted molar refractivity (Wildman–Crippen MR) is 116 cm³/mol. The van der Waals surface area contributed by atoms with Crippen molar-refractivity contribution in [3.63, 3.8) is 0 Å². The summed E-state index contributed by atoms with van der Waals surface area (Å²) >= 11 is 1.23. The van der Waals surface area contributed by atoms with Gasteiger partial charge in [-0.1, -0.05) is 19.1 Å². The lowest BCUT2D eigenvalue weighted by atomic mass is 10.1. The smallest absolute Gasteiger partial charge is 0.418 e. The number of hydrogen-bond donors (Lipinski definition) is 2. The molecule has 32 heavy (non-hydrogen) atoms. The fraction of sp³-hybridized carbons (Fsp3) is 0.381. The van der Waals surface area contributed by atoms with Crippen LogP contribution in [0.1, 0.15) is 33.3 Å². The van der Waals surface area contributed by atoms with Crippen molar-refractivity contribution in [1.29, 1.82) is 0 Å². The number of ether oxygens (including phenoxy) is 1. The van der Waals surface area contributed by atoms with Crippen LogP contribution in [0.5, 0.6) is 0 Å². The molecule has 0 atom stereocenters. The summed E-state index contributed by atoms with van der Waals surface area (Å²) in [6.07, 6.45) is -4.61. The molecule has 2 N–H and O–H groups in total. The number of benzene rings is 1. The van der Waals surface area contributed by atoms with Gasteiger partial charge in [0.25, 0.3) is 0 Å². The molecule has 2 amide bonds. The summed E-state index contributed by atoms with van der Waals surface area (Å²) in [5.74, 6) is -1.73. The van der Waals surface area contributed by atoms with Gasteiger partial charge in [-0.2, -0.15) is 13.2 Å². The van der Waals surface area contributed by atoms with Gasteiger partial charge in [-0.15, -0.1) is 11.3 Å². The maximum Gasteiger partial charge on any atom is 0.418 e. The number of amides is 2. The highest BCUT2D eigenvalue weighted by Gasteiger charge is 2.33. The Morgan fingerprint density at radius 1 is 1.06 bits per heavy atom. The monoisotopic (exact) mass is 471 g/mol. The molecule has 1 aromatic heterocycles. The Morgan fingerprint density at radius 3 is 2.22 bits per heavy atom. The van der Waals surface area contributed by atoms with E-state index < -0.39 is 29.5 Å². The molecule has 0 aliphatic carbocycles. The first-order valence-corrected chi connectivity index (χ1v) is 10.5. The van der Waals surface area contributed by atoms with Crippen LogP contribution in [0.25, 0.3) is 0 Å². The minimum atomic E-state index is -4.61. The topological polar surface area (TPSA) is 87.7 Å². The molecule has 2 aromatic rings. The number of thiophene rings is 1. The average Bonchev–Trinajstić information content (AvgIpc) is 2.99. The van der Waals surface area contributed by atoms with Crippen LogP contribution in [0, 0.1) is 13.8 Å². The Morgan fingerprint density at radius 2 is 1.66 bits per heavy atom. The number of esters is 1. The Bertz CT molecular complexity index is 1000. The van der Waals surface area contributed by atoms with Gasteiger partial charge in [-0.3, -0.25) is 14.5 Å². The number of nitrogens with zero attached hydrogens (tertiary/aromatic N) is 1. The van der Waals surface area contributed by atoms with Crippen molar-refractivity contribution in [2.75, 3.05) is 37.4 Å². The van der Waals surface area contributed by atoms with Crippen LogP contribution in [0.3, 0.4) is 0 Å². The van der Waals surface area contributed by atoms with Crippen LogP contribution >= 0.6 is 11.3 Å². The molecule has 0 fully saturated rings. The summed E-state index contributed by atoms with van der Waals surface area (Å²) in [7, 11) is 1.24. The number of carbonyl (C=O) groups excluding carboxylic acids is 3. The van der Waals surface area contributed by atoms with Crippen LogP contribution < -0.4 is 10.6 Å². The number of anilines is 2. The normalized spacial score (nSPS) is 11.4. The van der Waals surface area contributed by atoms with Gasteiger partial charge >= 0.3 is 12.1 Å². The van der Waals surface area contributed by atoms with Gasteiger partial charge in [-0.05, 0) is 38.1 Å². The quantitative estimate of drug-likeness (QED) is 0.567. The SMILES string of the molecule is CCN(CC(=O)Nc1ccccc1C(F)(F)F)CC(=O)Nc1sc(C)c(C)c1C(=O)OC. The van der Waals surface area contributed by atoms with E-state index in [0.717, 1.165) is 10.9 Å². The molecule has 0 saturated carbocycles. The molecule has 1 aromatic carbocycles. The van der Waals surface area contributed by atoms with Gasteiger partial charge in [0, 0.05) is 4.88 Å². The lowest BCUT2D eigenvalue weighted by Gasteiger charge is -2.20. The van der Waals surface area contributed by atoms with Crippen molar-refractivity contribution in [1.82, 2.24) is 4.90 Å². The van der Waals surface area contributed by atoms with Crippen molar-refractivity contribution >= 4 is 39.8 Å². The lowest BCUT2D eigenvalue weighted by Crippen LogP contribution is -2.38. The van der Waals surface area contributed by atoms with E-state index in [9.17, 15) is 27.6 Å². The molecule has 0 spiro atoms. The molecule has 0 aliphatic rings. The minimum Gasteiger partial charge on any atom is -0.465 e. The van der Waals surface area contributed by atoms with E-state index in [1.807, 2.05) is 6.92 Å². The van der Waals surface area contributed by atoms with Crippen LogP contribution in [-0.4, -0.2) is 49.4 Å². The third kappa shape index (κ3) is 6.30. The molecular formula is C21H24F3N3O4S. The molecule has 2 rings (SSSR count). The number of aryl methyl sites for hydroxylation is 1. The molecule has 0 radical (unpaired) electrons. The van der Waals surface area contributed by atoms with Gasteiger partial charge in [0.15, 0.2) is 0 Å². The first kappa shape index (κ1) is 25.3. The summed E-state index contributed by atoms with van der Waals surface area (Å²) < 4.78 is 44.1. The van der Waals surface area contributed by atoms with E-state index in [1.54, 1.807) is 13.8 Å². The molecule has 0 aliphatic heterocycles. The van der Waals surface area contributed by atoms with Gasteiger partial charge < -0.3 is 15.4 Å². The molecule has 0 saturated heterocycles. The van der Waals surface area contributed by atoms with E-state index >= 15 is 0 Å². The number of carbonyl (C=O) groups is 3. The Hall–Kier alpha value is -2.92. The summed E-state index contributed by atoms with van der Waals surface area (Å²) in [5, 5.41) is 5.26. The van der Waals surface area contributed by atoms with E-state index in [2.05, 4.69) is 10.6 Å². The van der Waals surface area contributed by atoms with Crippen molar-refractivity contribution in [3.8, 4) is 0 Å². The third-order valence-electron chi connectivity index (χ3n) is 4.72. The second kappa shape index (κ2) is 10.6. The van der Waals surface area contributed by atoms with Crippen LogP contribution in [0.2, 0.25) is 0 Å². The summed E-state index contributed by atoms with van der Waals surface area (Å²) in [4.78, 5) is 39.2. The predicted octanol–water partition coefficient (Wildman–Crippen LogP) is 4.07. The fourth-order valence-corrected chi connectivity index (χ4v) is 4.01. The fourth-order valence-electron chi connectivity index (χ4n) is 2.94. The lowest BCUT2D eigenvalue weighted by molar-refractivity contribution is -0.137. The molecule has 174 valence electrons. The molecule has 0 unspecified atom stereocenters. The maximum atomic E-state index is 13.1. The van der Waals surface area contributed by atoms with Crippen LogP contribution in [0.15, 0.2) is 24.3 Å². The number of nitrogens with one attached hydrogen (secondary N) is 2. The van der Waals surface area contributed by atoms with Crippen molar-refractivity contribution in [3.05, 3.63) is 45.8 Å². The highest BCUT2D eigenvalue weighted by Crippen LogP contribution is 2.35. The Labute approximate surface area is 187 Å². The summed E-state index contributed by atoms with van der Waals surface area (Å²) in [6.45, 7) is 5.08. The standard InChI is InChI=1S/C21H24F3N3O4S/c1-5-27(10-16(28)25-15-9-7-6-8-14(15)21(22,23)24)11-17(29)26-19-18(20(30)31-4)12(2)13(3)32-19/h6-9H,5,10-11H2,1-4H3,(H,25,28)(H,26,29). The highest BCUT2D eigenvalue weighted by atomic mass is 32.1. The number of para-hydroxylation sites is 1. The number of alkyl halides is 3. The van der Waals surface area contributed by atoms with Gasteiger partial charge in [0.1, 0.15) is 5.00 Å². The minimum absolute atomic E-state index is 0.193. The molecule has 11 heteroatoms. The highest BCUT2D eigenvalue weighted by molar-refractivity contribution is 7.16.